The summed E-state index contributed by atoms with van der Waals surface area (Å²) in [6, 6.07) is 22.4. The number of hydrogen-bond donors (Lipinski definition) is 0. The molecule has 2 heterocycles. The fraction of sp³-hybridized carbons (Fsp3) is 0.208. The Morgan fingerprint density at radius 2 is 1.94 bits per heavy atom. The van der Waals surface area contributed by atoms with Crippen LogP contribution >= 0.6 is 0 Å². The van der Waals surface area contributed by atoms with Crippen LogP contribution in [-0.4, -0.2) is 22.3 Å². The van der Waals surface area contributed by atoms with Crippen LogP contribution in [0.2, 0.25) is 0 Å². The number of hydrogen-bond acceptors (Lipinski definition) is 6. The van der Waals surface area contributed by atoms with E-state index in [-0.39, 0.29) is 11.7 Å². The Morgan fingerprint density at radius 3 is 2.71 bits per heavy atom. The van der Waals surface area contributed by atoms with Crippen LogP contribution in [0.15, 0.2) is 77.9 Å². The monoisotopic (exact) mass is 415 g/mol. The van der Waals surface area contributed by atoms with Gasteiger partial charge < -0.3 is 9.47 Å². The smallest absolute Gasteiger partial charge is 0.269 e. The molecule has 0 unspecified atom stereocenters. The first-order chi connectivity index (χ1) is 15.1. The molecule has 2 aliphatic heterocycles. The number of rotatable bonds is 5. The largest absolute Gasteiger partial charge is 0.494 e. The molecular weight excluding hydrogens is 394 g/mol. The lowest BCUT2D eigenvalue weighted by atomic mass is 9.96. The molecule has 0 amide bonds. The van der Waals surface area contributed by atoms with Crippen LogP contribution in [-0.2, 0) is 0 Å². The highest BCUT2D eigenvalue weighted by atomic mass is 16.6. The topological polar surface area (TPSA) is 77.2 Å². The van der Waals surface area contributed by atoms with Gasteiger partial charge in [-0.1, -0.05) is 30.3 Å². The van der Waals surface area contributed by atoms with Crippen molar-refractivity contribution in [2.24, 2.45) is 5.10 Å². The molecule has 2 atom stereocenters. The average molecular weight is 415 g/mol. The summed E-state index contributed by atoms with van der Waals surface area (Å²) in [7, 11) is 0. The molecule has 0 fully saturated rings. The summed E-state index contributed by atoms with van der Waals surface area (Å²) in [5, 5.41) is 18.1. The van der Waals surface area contributed by atoms with Crippen LogP contribution in [0, 0.1) is 10.1 Å². The molecule has 0 saturated heterocycles. The molecule has 0 radical (unpaired) electrons. The summed E-state index contributed by atoms with van der Waals surface area (Å²) >= 11 is 0. The van der Waals surface area contributed by atoms with Gasteiger partial charge in [0.2, 0.25) is 6.23 Å². The number of benzene rings is 3. The number of nitrogens with zero attached hydrogens (tertiary/aromatic N) is 3. The van der Waals surface area contributed by atoms with Gasteiger partial charge in [-0.25, -0.2) is 5.01 Å². The van der Waals surface area contributed by atoms with Crippen molar-refractivity contribution >= 4 is 11.4 Å². The summed E-state index contributed by atoms with van der Waals surface area (Å²) in [5.74, 6) is 1.61. The van der Waals surface area contributed by atoms with Crippen LogP contribution < -0.4 is 9.47 Å². The first-order valence-electron chi connectivity index (χ1n) is 10.2. The van der Waals surface area contributed by atoms with Crippen molar-refractivity contribution in [1.29, 1.82) is 0 Å². The minimum atomic E-state index is -0.542. The molecule has 0 bridgehead atoms. The SMILES string of the molecule is CCOc1ccc(C2=NN3[C@@H](c4cccc([N+](=O)[O-])c4)Oc4ccccc4[C@@H]3C2)cc1. The summed E-state index contributed by atoms with van der Waals surface area (Å²) < 4.78 is 11.8. The Balaban J connectivity index is 1.54. The third-order valence-corrected chi connectivity index (χ3v) is 5.56. The maximum atomic E-state index is 11.3. The Kier molecular flexibility index (Phi) is 4.78. The third kappa shape index (κ3) is 3.48. The Bertz CT molecular complexity index is 1160. The van der Waals surface area contributed by atoms with E-state index in [1.165, 1.54) is 6.07 Å². The summed E-state index contributed by atoms with van der Waals surface area (Å²) in [5.41, 5.74) is 3.77. The maximum Gasteiger partial charge on any atom is 0.269 e. The average Bonchev–Trinajstić information content (AvgIpc) is 3.25. The Hall–Kier alpha value is -3.87. The normalized spacial score (nSPS) is 19.1. The molecule has 5 rings (SSSR count). The van der Waals surface area contributed by atoms with Crippen LogP contribution in [0.25, 0.3) is 0 Å². The van der Waals surface area contributed by atoms with Crippen molar-refractivity contribution in [3.8, 4) is 11.5 Å². The number of nitro benzene ring substituents is 1. The summed E-state index contributed by atoms with van der Waals surface area (Å²) in [6.45, 7) is 2.58. The second-order valence-electron chi connectivity index (χ2n) is 7.46. The van der Waals surface area contributed by atoms with Gasteiger partial charge in [-0.3, -0.25) is 10.1 Å². The lowest BCUT2D eigenvalue weighted by Gasteiger charge is -2.38. The fourth-order valence-corrected chi connectivity index (χ4v) is 4.13. The molecule has 31 heavy (non-hydrogen) atoms. The molecule has 0 spiro atoms. The maximum absolute atomic E-state index is 11.3. The van der Waals surface area contributed by atoms with Gasteiger partial charge in [0.15, 0.2) is 0 Å². The lowest BCUT2D eigenvalue weighted by Crippen LogP contribution is -2.33. The van der Waals surface area contributed by atoms with E-state index in [2.05, 4.69) is 0 Å². The highest BCUT2D eigenvalue weighted by Crippen LogP contribution is 2.47. The van der Waals surface area contributed by atoms with Gasteiger partial charge in [0.1, 0.15) is 11.5 Å². The number of nitro groups is 1. The molecule has 7 nitrogen and oxygen atoms in total. The van der Waals surface area contributed by atoms with E-state index in [9.17, 15) is 10.1 Å². The zero-order chi connectivity index (χ0) is 21.4. The molecule has 2 aliphatic rings. The van der Waals surface area contributed by atoms with Crippen LogP contribution in [0.1, 0.15) is 42.3 Å². The van der Waals surface area contributed by atoms with Crippen molar-refractivity contribution < 1.29 is 14.4 Å². The molecule has 0 N–H and O–H groups in total. The van der Waals surface area contributed by atoms with E-state index < -0.39 is 11.2 Å². The standard InChI is InChI=1S/C24H21N3O4/c1-2-30-19-12-10-16(11-13-19)21-15-22-20-8-3-4-9-23(20)31-24(26(22)25-21)17-6-5-7-18(14-17)27(28)29/h3-14,22,24H,2,15H2,1H3/t22-,24+/m0/s1. The van der Waals surface area contributed by atoms with E-state index in [1.54, 1.807) is 12.1 Å². The highest BCUT2D eigenvalue weighted by Gasteiger charge is 2.41. The number of ether oxygens (including phenoxy) is 2. The quantitative estimate of drug-likeness (QED) is 0.421. The van der Waals surface area contributed by atoms with E-state index in [0.29, 0.717) is 12.2 Å². The zero-order valence-electron chi connectivity index (χ0n) is 17.0. The van der Waals surface area contributed by atoms with Gasteiger partial charge in [0.05, 0.1) is 23.3 Å². The van der Waals surface area contributed by atoms with Gasteiger partial charge >= 0.3 is 0 Å². The van der Waals surface area contributed by atoms with E-state index in [4.69, 9.17) is 14.6 Å². The Labute approximate surface area is 179 Å². The van der Waals surface area contributed by atoms with Crippen molar-refractivity contribution in [2.45, 2.75) is 25.6 Å². The number of non-ortho nitro benzene ring substituents is 1. The molecular formula is C24H21N3O4. The predicted molar refractivity (Wildman–Crippen MR) is 116 cm³/mol. The molecule has 7 heteroatoms. The van der Waals surface area contributed by atoms with Crippen molar-refractivity contribution in [2.75, 3.05) is 6.61 Å². The van der Waals surface area contributed by atoms with E-state index in [0.717, 1.165) is 34.8 Å². The predicted octanol–water partition coefficient (Wildman–Crippen LogP) is 5.24. The van der Waals surface area contributed by atoms with Crippen molar-refractivity contribution in [3.63, 3.8) is 0 Å². The van der Waals surface area contributed by atoms with Gasteiger partial charge in [0.25, 0.3) is 5.69 Å². The molecule has 3 aromatic rings. The minimum absolute atomic E-state index is 0.00391. The van der Waals surface area contributed by atoms with E-state index >= 15 is 0 Å². The molecule has 0 aliphatic carbocycles. The molecule has 3 aromatic carbocycles. The van der Waals surface area contributed by atoms with E-state index in [1.807, 2.05) is 66.5 Å². The van der Waals surface area contributed by atoms with Crippen LogP contribution in [0.5, 0.6) is 11.5 Å². The fourth-order valence-electron chi connectivity index (χ4n) is 4.13. The first-order valence-corrected chi connectivity index (χ1v) is 10.2. The second-order valence-corrected chi connectivity index (χ2v) is 7.46. The van der Waals surface area contributed by atoms with Gasteiger partial charge in [-0.2, -0.15) is 5.10 Å². The highest BCUT2D eigenvalue weighted by molar-refractivity contribution is 6.02. The minimum Gasteiger partial charge on any atom is -0.494 e. The molecule has 0 saturated carbocycles. The van der Waals surface area contributed by atoms with Crippen LogP contribution in [0.4, 0.5) is 5.69 Å². The third-order valence-electron chi connectivity index (χ3n) is 5.56. The van der Waals surface area contributed by atoms with Crippen molar-refractivity contribution in [1.82, 2.24) is 5.01 Å². The van der Waals surface area contributed by atoms with Gasteiger partial charge in [0, 0.05) is 29.7 Å². The second kappa shape index (κ2) is 7.75. The lowest BCUT2D eigenvalue weighted by molar-refractivity contribution is -0.385. The summed E-state index contributed by atoms with van der Waals surface area (Å²) in [6.07, 6.45) is 0.180. The Morgan fingerprint density at radius 1 is 1.13 bits per heavy atom. The summed E-state index contributed by atoms with van der Waals surface area (Å²) in [4.78, 5) is 10.9. The number of fused-ring (bicyclic) bond motifs is 3. The van der Waals surface area contributed by atoms with Crippen molar-refractivity contribution in [3.05, 3.63) is 99.6 Å². The number of para-hydroxylation sites is 1. The van der Waals surface area contributed by atoms with Gasteiger partial charge in [-0.15, -0.1) is 0 Å². The van der Waals surface area contributed by atoms with Crippen LogP contribution in [0.3, 0.4) is 0 Å². The number of hydrazone groups is 1. The molecule has 0 aromatic heterocycles. The molecule has 156 valence electrons. The first kappa shape index (κ1) is 19.1. The zero-order valence-corrected chi connectivity index (χ0v) is 17.0. The van der Waals surface area contributed by atoms with Gasteiger partial charge in [-0.05, 0) is 42.8 Å².